The van der Waals surface area contributed by atoms with E-state index in [1.807, 2.05) is 18.2 Å². The highest BCUT2D eigenvalue weighted by Crippen LogP contribution is 2.20. The topological polar surface area (TPSA) is 110 Å². The van der Waals surface area contributed by atoms with Gasteiger partial charge in [0.05, 0.1) is 10.4 Å². The zero-order valence-corrected chi connectivity index (χ0v) is 15.4. The van der Waals surface area contributed by atoms with Crippen molar-refractivity contribution in [2.75, 3.05) is 5.32 Å². The second-order valence-electron chi connectivity index (χ2n) is 6.28. The van der Waals surface area contributed by atoms with Crippen LogP contribution in [0, 0.1) is 0 Å². The van der Waals surface area contributed by atoms with Gasteiger partial charge in [-0.25, -0.2) is 23.5 Å². The number of benzene rings is 2. The summed E-state index contributed by atoms with van der Waals surface area (Å²) in [6.07, 6.45) is 1.77. The number of fused-ring (bicyclic) bond motifs is 1. The maximum absolute atomic E-state index is 11.3. The van der Waals surface area contributed by atoms with Crippen LogP contribution in [0.4, 0.5) is 11.6 Å². The number of nitrogens with one attached hydrogen (secondary N) is 2. The van der Waals surface area contributed by atoms with Crippen molar-refractivity contribution in [3.05, 3.63) is 54.2 Å². The van der Waals surface area contributed by atoms with Gasteiger partial charge in [-0.2, -0.15) is 0 Å². The lowest BCUT2D eigenvalue weighted by Crippen LogP contribution is -2.22. The molecule has 0 amide bonds. The highest BCUT2D eigenvalue weighted by Gasteiger charge is 2.09. The maximum atomic E-state index is 11.3. The predicted molar refractivity (Wildman–Crippen MR) is 103 cm³/mol. The Balaban J connectivity index is 1.87. The Kier molecular flexibility index (Phi) is 5.17. The number of para-hydroxylation sites is 1. The molecule has 8 heteroatoms. The second kappa shape index (κ2) is 7.36. The molecule has 0 fully saturated rings. The minimum absolute atomic E-state index is 0.0597. The quantitative estimate of drug-likeness (QED) is 0.614. The van der Waals surface area contributed by atoms with Crippen LogP contribution in [-0.4, -0.2) is 24.4 Å². The molecule has 2 aromatic carbocycles. The van der Waals surface area contributed by atoms with Gasteiger partial charge >= 0.3 is 0 Å². The van der Waals surface area contributed by atoms with Gasteiger partial charge in [-0.05, 0) is 29.8 Å². The van der Waals surface area contributed by atoms with Crippen LogP contribution in [0.25, 0.3) is 10.9 Å². The number of rotatable bonds is 6. The molecule has 0 aliphatic rings. The second-order valence-corrected chi connectivity index (χ2v) is 7.84. The predicted octanol–water partition coefficient (Wildman–Crippen LogP) is 2.52. The highest BCUT2D eigenvalue weighted by atomic mass is 32.2. The summed E-state index contributed by atoms with van der Waals surface area (Å²) >= 11 is 0. The van der Waals surface area contributed by atoms with Crippen LogP contribution in [0.1, 0.15) is 19.4 Å². The fourth-order valence-electron chi connectivity index (χ4n) is 2.49. The van der Waals surface area contributed by atoms with Crippen LogP contribution in [0.3, 0.4) is 0 Å². The number of aromatic nitrogens is 2. The molecule has 26 heavy (non-hydrogen) atoms. The van der Waals surface area contributed by atoms with E-state index in [1.54, 1.807) is 18.3 Å². The molecule has 0 radical (unpaired) electrons. The zero-order valence-electron chi connectivity index (χ0n) is 14.6. The molecule has 1 aromatic heterocycles. The lowest BCUT2D eigenvalue weighted by molar-refractivity contribution is 0.590. The summed E-state index contributed by atoms with van der Waals surface area (Å²) < 4.78 is 22.6. The summed E-state index contributed by atoms with van der Waals surface area (Å²) in [4.78, 5) is 9.00. The van der Waals surface area contributed by atoms with Gasteiger partial charge < -0.3 is 10.6 Å². The van der Waals surface area contributed by atoms with Crippen molar-refractivity contribution in [3.8, 4) is 0 Å². The van der Waals surface area contributed by atoms with Crippen molar-refractivity contribution in [1.82, 2.24) is 15.3 Å². The molecule has 1 heterocycles. The number of hydrogen-bond acceptors (Lipinski definition) is 6. The average molecular weight is 371 g/mol. The van der Waals surface area contributed by atoms with Crippen LogP contribution in [-0.2, 0) is 16.6 Å². The Hall–Kier alpha value is -2.55. The standard InChI is InChI=1S/C18H21N5O2S/c1-12(2)20-10-13-4-3-5-14-11-21-18(23-17(13)14)22-15-6-8-16(9-7-15)26(19,24)25/h3-9,11-12,20H,10H2,1-2H3,(H2,19,24,25)(H,21,22,23). The molecule has 0 aliphatic heterocycles. The normalized spacial score (nSPS) is 11.8. The zero-order chi connectivity index (χ0) is 18.7. The van der Waals surface area contributed by atoms with Gasteiger partial charge in [0, 0.05) is 29.9 Å². The van der Waals surface area contributed by atoms with E-state index in [-0.39, 0.29) is 4.90 Å². The van der Waals surface area contributed by atoms with Crippen molar-refractivity contribution in [2.24, 2.45) is 5.14 Å². The lowest BCUT2D eigenvalue weighted by atomic mass is 10.1. The molecule has 0 aliphatic carbocycles. The Labute approximate surface area is 152 Å². The van der Waals surface area contributed by atoms with Crippen molar-refractivity contribution < 1.29 is 8.42 Å². The first-order valence-corrected chi connectivity index (χ1v) is 9.75. The summed E-state index contributed by atoms with van der Waals surface area (Å²) in [6.45, 7) is 4.91. The van der Waals surface area contributed by atoms with E-state index in [4.69, 9.17) is 5.14 Å². The summed E-state index contributed by atoms with van der Waals surface area (Å²) in [5.74, 6) is 0.442. The minimum atomic E-state index is -3.71. The number of nitrogens with zero attached hydrogens (tertiary/aromatic N) is 2. The number of hydrogen-bond donors (Lipinski definition) is 3. The third kappa shape index (κ3) is 4.34. The Morgan fingerprint density at radius 1 is 1.12 bits per heavy atom. The molecule has 7 nitrogen and oxygen atoms in total. The molecule has 4 N–H and O–H groups in total. The maximum Gasteiger partial charge on any atom is 0.238 e. The first-order chi connectivity index (χ1) is 12.3. The van der Waals surface area contributed by atoms with Crippen LogP contribution in [0.2, 0.25) is 0 Å². The van der Waals surface area contributed by atoms with Gasteiger partial charge in [0.2, 0.25) is 16.0 Å². The van der Waals surface area contributed by atoms with E-state index in [0.29, 0.717) is 24.2 Å². The van der Waals surface area contributed by atoms with E-state index >= 15 is 0 Å². The van der Waals surface area contributed by atoms with Gasteiger partial charge in [-0.3, -0.25) is 0 Å². The number of sulfonamides is 1. The SMILES string of the molecule is CC(C)NCc1cccc2cnc(Nc3ccc(S(N)(=O)=O)cc3)nc12. The fraction of sp³-hybridized carbons (Fsp3) is 0.222. The van der Waals surface area contributed by atoms with Gasteiger partial charge in [0.25, 0.3) is 0 Å². The van der Waals surface area contributed by atoms with E-state index in [1.165, 1.54) is 12.1 Å². The average Bonchev–Trinajstić information content (AvgIpc) is 2.59. The van der Waals surface area contributed by atoms with Crippen molar-refractivity contribution >= 4 is 32.6 Å². The van der Waals surface area contributed by atoms with Gasteiger partial charge in [0.1, 0.15) is 0 Å². The van der Waals surface area contributed by atoms with Crippen molar-refractivity contribution in [1.29, 1.82) is 0 Å². The number of nitrogens with two attached hydrogens (primary N) is 1. The Morgan fingerprint density at radius 2 is 1.85 bits per heavy atom. The number of primary sulfonamides is 1. The van der Waals surface area contributed by atoms with Crippen LogP contribution in [0.5, 0.6) is 0 Å². The van der Waals surface area contributed by atoms with Gasteiger partial charge in [-0.15, -0.1) is 0 Å². The third-order valence-electron chi connectivity index (χ3n) is 3.83. The highest BCUT2D eigenvalue weighted by molar-refractivity contribution is 7.89. The van der Waals surface area contributed by atoms with Crippen LogP contribution >= 0.6 is 0 Å². The van der Waals surface area contributed by atoms with E-state index < -0.39 is 10.0 Å². The molecule has 0 saturated heterocycles. The molecule has 0 bridgehead atoms. The molecule has 0 spiro atoms. The van der Waals surface area contributed by atoms with Crippen LogP contribution < -0.4 is 15.8 Å². The molecule has 136 valence electrons. The molecular weight excluding hydrogens is 350 g/mol. The molecule has 0 atom stereocenters. The monoisotopic (exact) mass is 371 g/mol. The smallest absolute Gasteiger partial charge is 0.238 e. The minimum Gasteiger partial charge on any atom is -0.324 e. The van der Waals surface area contributed by atoms with Crippen LogP contribution in [0.15, 0.2) is 53.6 Å². The van der Waals surface area contributed by atoms with Crippen molar-refractivity contribution in [3.63, 3.8) is 0 Å². The van der Waals surface area contributed by atoms with Gasteiger partial charge in [-0.1, -0.05) is 32.0 Å². The first kappa shape index (κ1) is 18.2. The van der Waals surface area contributed by atoms with E-state index in [9.17, 15) is 8.42 Å². The number of anilines is 2. The Morgan fingerprint density at radius 3 is 2.50 bits per heavy atom. The third-order valence-corrected chi connectivity index (χ3v) is 4.76. The first-order valence-electron chi connectivity index (χ1n) is 8.21. The van der Waals surface area contributed by atoms with Crippen molar-refractivity contribution in [2.45, 2.75) is 31.3 Å². The largest absolute Gasteiger partial charge is 0.324 e. The summed E-state index contributed by atoms with van der Waals surface area (Å²) in [6, 6.07) is 12.5. The molecule has 0 saturated carbocycles. The molecule has 3 rings (SSSR count). The molecule has 0 unspecified atom stereocenters. The lowest BCUT2D eigenvalue weighted by Gasteiger charge is -2.11. The molecule has 3 aromatic rings. The van der Waals surface area contributed by atoms with E-state index in [2.05, 4.69) is 34.4 Å². The summed E-state index contributed by atoms with van der Waals surface area (Å²) in [5, 5.41) is 12.6. The van der Waals surface area contributed by atoms with E-state index in [0.717, 1.165) is 16.5 Å². The van der Waals surface area contributed by atoms with Gasteiger partial charge in [0.15, 0.2) is 0 Å². The Bertz CT molecular complexity index is 1020. The summed E-state index contributed by atoms with van der Waals surface area (Å²) in [5.41, 5.74) is 2.64. The fourth-order valence-corrected chi connectivity index (χ4v) is 3.01. The summed E-state index contributed by atoms with van der Waals surface area (Å²) in [7, 11) is -3.71. The molecular formula is C18H21N5O2S.